The van der Waals surface area contributed by atoms with Crippen molar-refractivity contribution in [2.75, 3.05) is 6.54 Å². The van der Waals surface area contributed by atoms with E-state index in [1.54, 1.807) is 0 Å². The fourth-order valence-corrected chi connectivity index (χ4v) is 3.73. The molecule has 0 unspecified atom stereocenters. The number of hydrogen-bond donors (Lipinski definition) is 2. The number of aliphatic hydroxyl groups is 1. The van der Waals surface area contributed by atoms with Crippen molar-refractivity contribution < 1.29 is 9.90 Å². The number of carbonyl (C=O) groups is 1. The molecule has 24 heavy (non-hydrogen) atoms. The molecule has 1 aromatic heterocycles. The molecule has 0 spiro atoms. The Balaban J connectivity index is 1.61. The normalized spacial score (nSPS) is 16.8. The van der Waals surface area contributed by atoms with Crippen LogP contribution in [0.2, 0.25) is 0 Å². The number of carbonyl (C=O) groups excluding carboxylic acids is 1. The maximum atomic E-state index is 12.1. The van der Waals surface area contributed by atoms with Crippen LogP contribution in [0.15, 0.2) is 24.3 Å². The molecule has 0 atom stereocenters. The molecular formula is C19H27N3O2. The molecule has 1 aliphatic rings. The van der Waals surface area contributed by atoms with Crippen LogP contribution >= 0.6 is 0 Å². The monoisotopic (exact) mass is 329 g/mol. The van der Waals surface area contributed by atoms with Gasteiger partial charge in [-0.25, -0.2) is 4.98 Å². The van der Waals surface area contributed by atoms with Crippen molar-refractivity contribution in [2.45, 2.75) is 64.0 Å². The standard InChI is InChI=1S/C19H27N3O2/c1-14(2)22-16-8-4-3-7-15(16)21-17(22)9-12-20-18(23)13-19(24)10-5-6-11-19/h3-4,7-8,14,24H,5-6,9-13H2,1-2H3,(H,20,23). The van der Waals surface area contributed by atoms with E-state index in [1.807, 2.05) is 18.2 Å². The largest absolute Gasteiger partial charge is 0.389 e. The SMILES string of the molecule is CC(C)n1c(CCNC(=O)CC2(O)CCCC2)nc2ccccc21. The molecule has 5 nitrogen and oxygen atoms in total. The number of imidazole rings is 1. The van der Waals surface area contributed by atoms with Crippen molar-refractivity contribution in [2.24, 2.45) is 0 Å². The number of aromatic nitrogens is 2. The Bertz CT molecular complexity index is 714. The van der Waals surface area contributed by atoms with Crippen LogP contribution in [0, 0.1) is 0 Å². The van der Waals surface area contributed by atoms with Crippen molar-refractivity contribution >= 4 is 16.9 Å². The summed E-state index contributed by atoms with van der Waals surface area (Å²) in [6.45, 7) is 4.84. The lowest BCUT2D eigenvalue weighted by atomic mass is 9.98. The van der Waals surface area contributed by atoms with Crippen molar-refractivity contribution in [1.29, 1.82) is 0 Å². The number of amides is 1. The fourth-order valence-electron chi connectivity index (χ4n) is 3.73. The molecule has 0 aliphatic heterocycles. The highest BCUT2D eigenvalue weighted by molar-refractivity contribution is 5.77. The third kappa shape index (κ3) is 3.61. The minimum Gasteiger partial charge on any atom is -0.389 e. The first-order valence-corrected chi connectivity index (χ1v) is 8.93. The van der Waals surface area contributed by atoms with Crippen molar-refractivity contribution in [3.8, 4) is 0 Å². The number of benzene rings is 1. The Morgan fingerprint density at radius 2 is 2.04 bits per heavy atom. The molecule has 1 amide bonds. The summed E-state index contributed by atoms with van der Waals surface area (Å²) in [6, 6.07) is 8.44. The molecule has 0 bridgehead atoms. The maximum absolute atomic E-state index is 12.1. The fraction of sp³-hybridized carbons (Fsp3) is 0.579. The Morgan fingerprint density at radius 3 is 2.75 bits per heavy atom. The molecule has 2 N–H and O–H groups in total. The van der Waals surface area contributed by atoms with Crippen molar-refractivity contribution in [3.05, 3.63) is 30.1 Å². The predicted molar refractivity (Wildman–Crippen MR) is 94.9 cm³/mol. The zero-order valence-electron chi connectivity index (χ0n) is 14.6. The first kappa shape index (κ1) is 17.0. The lowest BCUT2D eigenvalue weighted by Gasteiger charge is -2.21. The second-order valence-electron chi connectivity index (χ2n) is 7.19. The van der Waals surface area contributed by atoms with Gasteiger partial charge in [0.2, 0.25) is 5.91 Å². The average Bonchev–Trinajstić information content (AvgIpc) is 3.10. The van der Waals surface area contributed by atoms with Crippen LogP contribution < -0.4 is 5.32 Å². The summed E-state index contributed by atoms with van der Waals surface area (Å²) >= 11 is 0. The molecule has 0 saturated heterocycles. The van der Waals surface area contributed by atoms with Crippen LogP contribution in [0.1, 0.15) is 57.8 Å². The predicted octanol–water partition coefficient (Wildman–Crippen LogP) is 2.97. The van der Waals surface area contributed by atoms with E-state index in [0.717, 1.165) is 42.5 Å². The van der Waals surface area contributed by atoms with Gasteiger partial charge in [0, 0.05) is 19.0 Å². The van der Waals surface area contributed by atoms with Gasteiger partial charge in [0.15, 0.2) is 0 Å². The van der Waals surface area contributed by atoms with Gasteiger partial charge in [0.1, 0.15) is 5.82 Å². The summed E-state index contributed by atoms with van der Waals surface area (Å²) in [7, 11) is 0. The Morgan fingerprint density at radius 1 is 1.33 bits per heavy atom. The molecule has 3 rings (SSSR count). The summed E-state index contributed by atoms with van der Waals surface area (Å²) in [6.07, 6.45) is 4.42. The molecule has 1 aromatic carbocycles. The minimum absolute atomic E-state index is 0.0633. The number of para-hydroxylation sites is 2. The number of nitrogens with one attached hydrogen (secondary N) is 1. The van der Waals surface area contributed by atoms with E-state index in [1.165, 1.54) is 0 Å². The quantitative estimate of drug-likeness (QED) is 0.856. The number of rotatable bonds is 6. The van der Waals surface area contributed by atoms with Gasteiger partial charge in [0.25, 0.3) is 0 Å². The van der Waals surface area contributed by atoms with Crippen LogP contribution in [0.3, 0.4) is 0 Å². The van der Waals surface area contributed by atoms with E-state index in [9.17, 15) is 9.90 Å². The molecule has 2 aromatic rings. The van der Waals surface area contributed by atoms with Gasteiger partial charge in [-0.1, -0.05) is 25.0 Å². The molecule has 1 aliphatic carbocycles. The Hall–Kier alpha value is -1.88. The average molecular weight is 329 g/mol. The van der Waals surface area contributed by atoms with Gasteiger partial charge in [-0.05, 0) is 38.8 Å². The second kappa shape index (κ2) is 6.93. The van der Waals surface area contributed by atoms with Gasteiger partial charge in [-0.15, -0.1) is 0 Å². The first-order chi connectivity index (χ1) is 11.5. The third-order valence-corrected chi connectivity index (χ3v) is 4.88. The Kier molecular flexibility index (Phi) is 4.90. The molecule has 130 valence electrons. The van der Waals surface area contributed by atoms with E-state index in [0.29, 0.717) is 19.0 Å². The van der Waals surface area contributed by atoms with E-state index >= 15 is 0 Å². The summed E-state index contributed by atoms with van der Waals surface area (Å²) in [5.41, 5.74) is 1.34. The van der Waals surface area contributed by atoms with Crippen LogP contribution in [-0.2, 0) is 11.2 Å². The van der Waals surface area contributed by atoms with Gasteiger partial charge in [-0.3, -0.25) is 4.79 Å². The van der Waals surface area contributed by atoms with Crippen LogP contribution in [0.4, 0.5) is 0 Å². The summed E-state index contributed by atoms with van der Waals surface area (Å²) in [5.74, 6) is 0.928. The van der Waals surface area contributed by atoms with Crippen LogP contribution in [0.25, 0.3) is 11.0 Å². The number of hydrogen-bond acceptors (Lipinski definition) is 3. The van der Waals surface area contributed by atoms with Gasteiger partial charge >= 0.3 is 0 Å². The Labute approximate surface area is 143 Å². The van der Waals surface area contributed by atoms with Crippen molar-refractivity contribution in [1.82, 2.24) is 14.9 Å². The van der Waals surface area contributed by atoms with Crippen LogP contribution in [-0.4, -0.2) is 32.7 Å². The number of nitrogens with zero attached hydrogens (tertiary/aromatic N) is 2. The molecule has 5 heteroatoms. The topological polar surface area (TPSA) is 67.2 Å². The lowest BCUT2D eigenvalue weighted by molar-refractivity contribution is -0.125. The molecule has 1 saturated carbocycles. The maximum Gasteiger partial charge on any atom is 0.222 e. The van der Waals surface area contributed by atoms with Crippen LogP contribution in [0.5, 0.6) is 0 Å². The lowest BCUT2D eigenvalue weighted by Crippen LogP contribution is -2.35. The van der Waals surface area contributed by atoms with Gasteiger partial charge in [-0.2, -0.15) is 0 Å². The molecule has 1 heterocycles. The highest BCUT2D eigenvalue weighted by Gasteiger charge is 2.33. The highest BCUT2D eigenvalue weighted by atomic mass is 16.3. The number of fused-ring (bicyclic) bond motifs is 1. The van der Waals surface area contributed by atoms with E-state index < -0.39 is 5.60 Å². The molecule has 0 radical (unpaired) electrons. The van der Waals surface area contributed by atoms with Gasteiger partial charge in [0.05, 0.1) is 23.1 Å². The molecular weight excluding hydrogens is 302 g/mol. The third-order valence-electron chi connectivity index (χ3n) is 4.88. The van der Waals surface area contributed by atoms with E-state index in [4.69, 9.17) is 4.98 Å². The zero-order valence-corrected chi connectivity index (χ0v) is 14.6. The zero-order chi connectivity index (χ0) is 17.2. The van der Waals surface area contributed by atoms with E-state index in [-0.39, 0.29) is 12.3 Å². The smallest absolute Gasteiger partial charge is 0.222 e. The summed E-state index contributed by atoms with van der Waals surface area (Å²) < 4.78 is 2.23. The van der Waals surface area contributed by atoms with Gasteiger partial charge < -0.3 is 15.0 Å². The minimum atomic E-state index is -0.783. The first-order valence-electron chi connectivity index (χ1n) is 8.93. The summed E-state index contributed by atoms with van der Waals surface area (Å²) in [4.78, 5) is 16.8. The second-order valence-corrected chi connectivity index (χ2v) is 7.19. The molecule has 1 fully saturated rings. The van der Waals surface area contributed by atoms with Crippen molar-refractivity contribution in [3.63, 3.8) is 0 Å². The highest BCUT2D eigenvalue weighted by Crippen LogP contribution is 2.32. The van der Waals surface area contributed by atoms with E-state index in [2.05, 4.69) is 29.8 Å². The summed E-state index contributed by atoms with van der Waals surface area (Å²) in [5, 5.41) is 13.3.